The molecule has 4 nitrogen and oxygen atoms in total. The molecule has 0 amide bonds. The minimum Gasteiger partial charge on any atom is -0.591 e. The van der Waals surface area contributed by atoms with Crippen LogP contribution < -0.4 is 0 Å². The maximum atomic E-state index is 12.4. The van der Waals surface area contributed by atoms with Gasteiger partial charge < -0.3 is 9.12 Å². The smallest absolute Gasteiger partial charge is 0.144 e. The van der Waals surface area contributed by atoms with Crippen molar-refractivity contribution in [3.63, 3.8) is 0 Å². The second kappa shape index (κ2) is 9.15. The van der Waals surface area contributed by atoms with Gasteiger partial charge in [0.15, 0.2) is 0 Å². The average Bonchev–Trinajstić information content (AvgIpc) is 3.29. The predicted octanol–water partition coefficient (Wildman–Crippen LogP) is 5.60. The molecule has 1 atom stereocenters. The lowest BCUT2D eigenvalue weighted by Crippen LogP contribution is -2.36. The highest BCUT2D eigenvalue weighted by molar-refractivity contribution is 7.91. The number of hydrogen-bond donors (Lipinski definition) is 0. The Morgan fingerprint density at radius 2 is 1.22 bits per heavy atom. The molecule has 162 valence electrons. The lowest BCUT2D eigenvalue weighted by atomic mass is 9.77. The lowest BCUT2D eigenvalue weighted by molar-refractivity contribution is 0.514. The van der Waals surface area contributed by atoms with Gasteiger partial charge in [-0.15, -0.1) is 0 Å². The Balaban J connectivity index is 1.92. The SMILES string of the molecule is CC(C)(C)[S+]([O-])N=Cc1cn(C(c2ccccc2)(c2ccccc2)c2ccccc2)cn1. The van der Waals surface area contributed by atoms with Crippen molar-refractivity contribution < 1.29 is 4.55 Å². The molecule has 0 saturated carbocycles. The van der Waals surface area contributed by atoms with E-state index in [1.54, 1.807) is 6.21 Å². The molecule has 3 aromatic carbocycles. The van der Waals surface area contributed by atoms with Crippen molar-refractivity contribution in [2.75, 3.05) is 0 Å². The molecule has 0 fully saturated rings. The van der Waals surface area contributed by atoms with Crippen molar-refractivity contribution in [1.29, 1.82) is 0 Å². The summed E-state index contributed by atoms with van der Waals surface area (Å²) in [5, 5.41) is 0. The van der Waals surface area contributed by atoms with Crippen LogP contribution in [0.5, 0.6) is 0 Å². The highest BCUT2D eigenvalue weighted by Gasteiger charge is 2.38. The van der Waals surface area contributed by atoms with E-state index in [4.69, 9.17) is 0 Å². The summed E-state index contributed by atoms with van der Waals surface area (Å²) in [4.78, 5) is 4.59. The third-order valence-electron chi connectivity index (χ3n) is 5.37. The van der Waals surface area contributed by atoms with Gasteiger partial charge in [0.2, 0.25) is 0 Å². The van der Waals surface area contributed by atoms with Crippen molar-refractivity contribution in [2.45, 2.75) is 31.1 Å². The Hall–Kier alpha value is -3.15. The molecule has 1 unspecified atom stereocenters. The summed E-state index contributed by atoms with van der Waals surface area (Å²) in [6, 6.07) is 31.3. The molecule has 4 aromatic rings. The molecule has 1 aromatic heterocycles. The number of imidazole rings is 1. The summed E-state index contributed by atoms with van der Waals surface area (Å²) < 4.78 is 18.3. The third kappa shape index (κ3) is 4.27. The molecule has 0 bridgehead atoms. The molecule has 0 N–H and O–H groups in total. The van der Waals surface area contributed by atoms with E-state index in [1.165, 1.54) is 0 Å². The van der Waals surface area contributed by atoms with E-state index in [9.17, 15) is 4.55 Å². The quantitative estimate of drug-likeness (QED) is 0.222. The van der Waals surface area contributed by atoms with Gasteiger partial charge in [-0.2, -0.15) is 0 Å². The second-order valence-electron chi connectivity index (χ2n) is 8.61. The van der Waals surface area contributed by atoms with Gasteiger partial charge in [0.05, 0.1) is 6.33 Å². The van der Waals surface area contributed by atoms with E-state index < -0.39 is 21.6 Å². The Morgan fingerprint density at radius 3 is 1.62 bits per heavy atom. The fourth-order valence-electron chi connectivity index (χ4n) is 3.83. The average molecular weight is 442 g/mol. The van der Waals surface area contributed by atoms with Crippen LogP contribution in [0.15, 0.2) is 108 Å². The van der Waals surface area contributed by atoms with Crippen LogP contribution in [0.1, 0.15) is 43.2 Å². The molecule has 4 rings (SSSR count). The first kappa shape index (κ1) is 22.1. The largest absolute Gasteiger partial charge is 0.591 e. The van der Waals surface area contributed by atoms with E-state index in [0.717, 1.165) is 16.7 Å². The Morgan fingerprint density at radius 1 is 0.781 bits per heavy atom. The summed E-state index contributed by atoms with van der Waals surface area (Å²) in [6.07, 6.45) is 5.40. The van der Waals surface area contributed by atoms with Crippen LogP contribution in [-0.2, 0) is 16.9 Å². The minimum absolute atomic E-state index is 0.416. The molecule has 0 aliphatic rings. The molecule has 0 saturated heterocycles. The van der Waals surface area contributed by atoms with Gasteiger partial charge in [0.25, 0.3) is 0 Å². The maximum Gasteiger partial charge on any atom is 0.144 e. The number of rotatable bonds is 6. The standard InChI is InChI=1S/C27H27N3OS/c1-26(2,3)32(31)29-19-25-20-30(21-28-25)27(22-13-7-4-8-14-22,23-15-9-5-10-16-23)24-17-11-6-12-18-24/h4-21H,1-3H3. The third-order valence-corrected chi connectivity index (χ3v) is 6.71. The molecule has 0 aliphatic heterocycles. The Kier molecular flexibility index (Phi) is 6.31. The topological polar surface area (TPSA) is 53.2 Å². The molecular formula is C27H27N3OS. The van der Waals surface area contributed by atoms with Crippen LogP contribution in [0.2, 0.25) is 0 Å². The molecule has 1 heterocycles. The van der Waals surface area contributed by atoms with Crippen LogP contribution in [0.25, 0.3) is 0 Å². The fourth-order valence-corrected chi connectivity index (χ4v) is 4.35. The number of nitrogens with zero attached hydrogens (tertiary/aromatic N) is 3. The van der Waals surface area contributed by atoms with Crippen molar-refractivity contribution in [3.05, 3.63) is 126 Å². The Bertz CT molecular complexity index is 1070. The summed E-state index contributed by atoms with van der Waals surface area (Å²) in [7, 11) is 0. The van der Waals surface area contributed by atoms with Gasteiger partial charge in [-0.05, 0) is 37.5 Å². The zero-order valence-corrected chi connectivity index (χ0v) is 19.4. The monoisotopic (exact) mass is 441 g/mol. The zero-order valence-electron chi connectivity index (χ0n) is 18.6. The molecular weight excluding hydrogens is 414 g/mol. The summed E-state index contributed by atoms with van der Waals surface area (Å²) >= 11 is -1.34. The number of benzene rings is 3. The fraction of sp³-hybridized carbons (Fsp3) is 0.185. The van der Waals surface area contributed by atoms with Crippen molar-refractivity contribution >= 4 is 17.6 Å². The van der Waals surface area contributed by atoms with E-state index in [2.05, 4.69) is 86.7 Å². The predicted molar refractivity (Wildman–Crippen MR) is 132 cm³/mol. The van der Waals surface area contributed by atoms with E-state index in [-0.39, 0.29) is 0 Å². The second-order valence-corrected chi connectivity index (χ2v) is 10.5. The molecule has 0 aliphatic carbocycles. The van der Waals surface area contributed by atoms with E-state index >= 15 is 0 Å². The molecule has 0 radical (unpaired) electrons. The van der Waals surface area contributed by atoms with E-state index in [0.29, 0.717) is 5.69 Å². The molecule has 5 heteroatoms. The minimum atomic E-state index is -1.34. The molecule has 32 heavy (non-hydrogen) atoms. The first-order valence-corrected chi connectivity index (χ1v) is 11.7. The first-order chi connectivity index (χ1) is 15.4. The first-order valence-electron chi connectivity index (χ1n) is 10.6. The van der Waals surface area contributed by atoms with Crippen LogP contribution >= 0.6 is 0 Å². The van der Waals surface area contributed by atoms with Crippen molar-refractivity contribution in [3.8, 4) is 0 Å². The van der Waals surface area contributed by atoms with Gasteiger partial charge in [0.1, 0.15) is 33.6 Å². The maximum absolute atomic E-state index is 12.4. The van der Waals surface area contributed by atoms with Crippen molar-refractivity contribution in [2.24, 2.45) is 4.40 Å². The van der Waals surface area contributed by atoms with Crippen LogP contribution in [0, 0.1) is 0 Å². The van der Waals surface area contributed by atoms with E-state index in [1.807, 2.05) is 51.5 Å². The van der Waals surface area contributed by atoms with Gasteiger partial charge in [-0.1, -0.05) is 95.4 Å². The Labute approximate surface area is 193 Å². The molecule has 0 spiro atoms. The summed E-state index contributed by atoms with van der Waals surface area (Å²) in [6.45, 7) is 5.72. The van der Waals surface area contributed by atoms with Gasteiger partial charge >= 0.3 is 0 Å². The van der Waals surface area contributed by atoms with Gasteiger partial charge in [-0.25, -0.2) is 4.98 Å². The lowest BCUT2D eigenvalue weighted by Gasteiger charge is -2.37. The van der Waals surface area contributed by atoms with Crippen LogP contribution in [-0.4, -0.2) is 25.1 Å². The van der Waals surface area contributed by atoms with Crippen molar-refractivity contribution in [1.82, 2.24) is 9.55 Å². The summed E-state index contributed by atoms with van der Waals surface area (Å²) in [5.74, 6) is 0. The zero-order chi connectivity index (χ0) is 22.6. The normalized spacial score (nSPS) is 13.4. The van der Waals surface area contributed by atoms with Crippen LogP contribution in [0.3, 0.4) is 0 Å². The number of aromatic nitrogens is 2. The van der Waals surface area contributed by atoms with Gasteiger partial charge in [-0.3, -0.25) is 0 Å². The summed E-state index contributed by atoms with van der Waals surface area (Å²) in [5.41, 5.74) is 3.41. The van der Waals surface area contributed by atoms with Gasteiger partial charge in [0, 0.05) is 6.20 Å². The number of hydrogen-bond acceptors (Lipinski definition) is 3. The van der Waals surface area contributed by atoms with Crippen LogP contribution in [0.4, 0.5) is 0 Å². The highest BCUT2D eigenvalue weighted by Crippen LogP contribution is 2.40. The highest BCUT2D eigenvalue weighted by atomic mass is 32.2.